The molecule has 0 aliphatic carbocycles. The van der Waals surface area contributed by atoms with Crippen LogP contribution in [0.1, 0.15) is 17.7 Å². The number of nitrogens with zero attached hydrogens (tertiary/aromatic N) is 5. The van der Waals surface area contributed by atoms with Crippen LogP contribution in [0.15, 0.2) is 59.9 Å². The first kappa shape index (κ1) is 28.0. The summed E-state index contributed by atoms with van der Waals surface area (Å²) in [5.74, 6) is 2.00. The van der Waals surface area contributed by atoms with Crippen LogP contribution in [0.3, 0.4) is 0 Å². The van der Waals surface area contributed by atoms with Gasteiger partial charge in [-0.25, -0.2) is 15.0 Å². The second-order valence-electron chi connectivity index (χ2n) is 7.66. The molecule has 0 bridgehead atoms. The number of hydrogen-bond acceptors (Lipinski definition) is 11. The van der Waals surface area contributed by atoms with Gasteiger partial charge in [-0.2, -0.15) is 18.8 Å². The highest BCUT2D eigenvalue weighted by molar-refractivity contribution is 7.85. The number of rotatable bonds is 9. The highest BCUT2D eigenvalue weighted by Crippen LogP contribution is 2.36. The van der Waals surface area contributed by atoms with Crippen LogP contribution in [0.25, 0.3) is 11.3 Å². The number of aryl methyl sites for hydroxylation is 1. The highest BCUT2D eigenvalue weighted by Gasteiger charge is 2.17. The Morgan fingerprint density at radius 3 is 2.50 bits per heavy atom. The Kier molecular flexibility index (Phi) is 9.66. The van der Waals surface area contributed by atoms with Crippen molar-refractivity contribution in [2.24, 2.45) is 5.73 Å². The number of anilines is 2. The molecule has 0 unspecified atom stereocenters. The molecule has 14 heteroatoms. The maximum Gasteiger partial charge on any atom is 0.294 e. The molecule has 0 fully saturated rings. The number of hydrogen-bond donors (Lipinski definition) is 4. The molecule has 0 aliphatic heterocycles. The zero-order valence-corrected chi connectivity index (χ0v) is 21.4. The topological polar surface area (TPSA) is 202 Å². The van der Waals surface area contributed by atoms with Crippen molar-refractivity contribution in [3.8, 4) is 29.0 Å². The predicted octanol–water partition coefficient (Wildman–Crippen LogP) is 2.85. The van der Waals surface area contributed by atoms with Gasteiger partial charge in [-0.15, -0.1) is 0 Å². The monoisotopic (exact) mass is 538 g/mol. The van der Waals surface area contributed by atoms with E-state index in [9.17, 15) is 8.42 Å². The maximum absolute atomic E-state index is 10.5. The number of nitrogens with one attached hydrogen (secondary N) is 2. The van der Waals surface area contributed by atoms with Crippen LogP contribution in [0.4, 0.5) is 11.6 Å². The summed E-state index contributed by atoms with van der Waals surface area (Å²) in [5.41, 5.74) is 8.02. The maximum atomic E-state index is 10.5. The fourth-order valence-corrected chi connectivity index (χ4v) is 3.49. The molecule has 3 aromatic heterocycles. The summed E-state index contributed by atoms with van der Waals surface area (Å²) < 4.78 is 40.7. The van der Waals surface area contributed by atoms with Gasteiger partial charge in [0.1, 0.15) is 23.2 Å². The third-order valence-corrected chi connectivity index (χ3v) is 5.74. The van der Waals surface area contributed by atoms with E-state index < -0.39 is 10.1 Å². The molecule has 3 heterocycles. The van der Waals surface area contributed by atoms with Crippen molar-refractivity contribution >= 4 is 21.8 Å². The average molecular weight is 539 g/mol. The summed E-state index contributed by atoms with van der Waals surface area (Å²) in [6.07, 6.45) is 5.16. The van der Waals surface area contributed by atoms with E-state index in [4.69, 9.17) is 25.0 Å². The van der Waals surface area contributed by atoms with Crippen molar-refractivity contribution in [3.05, 3.63) is 66.2 Å². The van der Waals surface area contributed by atoms with E-state index >= 15 is 0 Å². The van der Waals surface area contributed by atoms with Crippen molar-refractivity contribution in [2.45, 2.75) is 18.2 Å². The Balaban J connectivity index is 0.000000304. The van der Waals surface area contributed by atoms with Crippen LogP contribution in [0, 0.1) is 18.3 Å². The lowest BCUT2D eigenvalue weighted by molar-refractivity contribution is 0.300. The van der Waals surface area contributed by atoms with E-state index in [1.165, 1.54) is 24.5 Å². The molecular weight excluding hydrogens is 512 g/mol. The Morgan fingerprint density at radius 2 is 1.89 bits per heavy atom. The van der Waals surface area contributed by atoms with Gasteiger partial charge in [0.2, 0.25) is 5.88 Å². The van der Waals surface area contributed by atoms with Crippen LogP contribution < -0.4 is 20.5 Å². The number of H-pyrrole nitrogens is 1. The molecule has 0 amide bonds. The first-order chi connectivity index (χ1) is 18.2. The molecule has 198 valence electrons. The Morgan fingerprint density at radius 1 is 1.13 bits per heavy atom. The fourth-order valence-electron chi connectivity index (χ4n) is 3.01. The molecule has 1 aromatic carbocycles. The minimum atomic E-state index is -4.02. The number of aromatic amines is 1. The van der Waals surface area contributed by atoms with Crippen molar-refractivity contribution in [2.75, 3.05) is 25.6 Å². The lowest BCUT2D eigenvalue weighted by Gasteiger charge is -2.12. The molecule has 4 rings (SSSR count). The third kappa shape index (κ3) is 7.71. The zero-order valence-electron chi connectivity index (χ0n) is 20.6. The molecule has 4 aromatic rings. The lowest BCUT2D eigenvalue weighted by Crippen LogP contribution is -2.07. The van der Waals surface area contributed by atoms with Crippen LogP contribution in [0.5, 0.6) is 11.6 Å². The largest absolute Gasteiger partial charge is 0.496 e. The number of nitriles is 1. The standard InChI is InChI=1S/C17H18N8O2.C7H8O3S/c1-26-13-3-5-20-17(27-6-2-4-18)16(13)12-7-14(25-24-12)23-15-10-21-11(8-19)9-22-15;1-6-2-4-7(5-3-6)11(8,9)10/h3,5,7,9-10H,2,4,6,18H2,1H3,(H2,22,23,24,25);2-5H,1H3,(H,8,9,10). The minimum absolute atomic E-state index is 0.0666. The molecule has 0 saturated heterocycles. The molecule has 13 nitrogen and oxygen atoms in total. The minimum Gasteiger partial charge on any atom is -0.496 e. The summed E-state index contributed by atoms with van der Waals surface area (Å²) in [6.45, 7) is 2.82. The van der Waals surface area contributed by atoms with E-state index in [1.54, 1.807) is 37.6 Å². The van der Waals surface area contributed by atoms with E-state index in [0.717, 1.165) is 5.56 Å². The normalized spacial score (nSPS) is 10.6. The van der Waals surface area contributed by atoms with E-state index in [1.807, 2.05) is 13.0 Å². The second kappa shape index (κ2) is 13.1. The van der Waals surface area contributed by atoms with E-state index in [-0.39, 0.29) is 10.6 Å². The van der Waals surface area contributed by atoms with Crippen LogP contribution in [-0.2, 0) is 10.1 Å². The van der Waals surface area contributed by atoms with Gasteiger partial charge < -0.3 is 20.5 Å². The third-order valence-electron chi connectivity index (χ3n) is 4.87. The molecule has 38 heavy (non-hydrogen) atoms. The summed E-state index contributed by atoms with van der Waals surface area (Å²) in [6, 6.07) is 11.4. The Hall–Kier alpha value is -4.58. The van der Waals surface area contributed by atoms with Crippen LogP contribution in [-0.4, -0.2) is 58.4 Å². The summed E-state index contributed by atoms with van der Waals surface area (Å²) in [4.78, 5) is 12.3. The number of pyridine rings is 1. The quantitative estimate of drug-likeness (QED) is 0.179. The van der Waals surface area contributed by atoms with E-state index in [0.29, 0.717) is 54.1 Å². The SMILES string of the molecule is COc1ccnc(OCCCN)c1-c1cc(Nc2cnc(C#N)cn2)n[nH]1.Cc1ccc(S(=O)(=O)O)cc1. The number of ether oxygens (including phenoxy) is 2. The van der Waals surface area contributed by atoms with Gasteiger partial charge in [0.05, 0.1) is 36.7 Å². The fraction of sp³-hybridized carbons (Fsp3) is 0.208. The van der Waals surface area contributed by atoms with Crippen LogP contribution >= 0.6 is 0 Å². The molecule has 0 spiro atoms. The van der Waals surface area contributed by atoms with Gasteiger partial charge >= 0.3 is 0 Å². The number of benzene rings is 1. The molecule has 5 N–H and O–H groups in total. The van der Waals surface area contributed by atoms with Crippen molar-refractivity contribution in [3.63, 3.8) is 0 Å². The first-order valence-corrected chi connectivity index (χ1v) is 12.6. The molecule has 0 saturated carbocycles. The first-order valence-electron chi connectivity index (χ1n) is 11.2. The number of aromatic nitrogens is 5. The summed E-state index contributed by atoms with van der Waals surface area (Å²) in [7, 11) is -2.45. The predicted molar refractivity (Wildman–Crippen MR) is 139 cm³/mol. The van der Waals surface area contributed by atoms with Crippen molar-refractivity contribution < 1.29 is 22.4 Å². The number of methoxy groups -OCH3 is 1. The van der Waals surface area contributed by atoms with Gasteiger partial charge in [-0.05, 0) is 38.1 Å². The van der Waals surface area contributed by atoms with Gasteiger partial charge in [-0.1, -0.05) is 17.7 Å². The molecule has 0 aliphatic rings. The lowest BCUT2D eigenvalue weighted by atomic mass is 10.2. The molecular formula is C24H26N8O5S. The zero-order chi connectivity index (χ0) is 27.5. The highest BCUT2D eigenvalue weighted by atomic mass is 32.2. The molecule has 0 radical (unpaired) electrons. The number of nitrogens with two attached hydrogens (primary N) is 1. The van der Waals surface area contributed by atoms with Gasteiger partial charge in [0.25, 0.3) is 10.1 Å². The van der Waals surface area contributed by atoms with Gasteiger partial charge in [-0.3, -0.25) is 9.65 Å². The second-order valence-corrected chi connectivity index (χ2v) is 9.08. The Labute approximate surface area is 219 Å². The summed E-state index contributed by atoms with van der Waals surface area (Å²) >= 11 is 0. The average Bonchev–Trinajstić information content (AvgIpc) is 3.37. The molecule has 0 atom stereocenters. The smallest absolute Gasteiger partial charge is 0.294 e. The van der Waals surface area contributed by atoms with Gasteiger partial charge in [0.15, 0.2) is 11.5 Å². The van der Waals surface area contributed by atoms with Crippen molar-refractivity contribution in [1.82, 2.24) is 25.1 Å². The van der Waals surface area contributed by atoms with Crippen LogP contribution in [0.2, 0.25) is 0 Å². The van der Waals surface area contributed by atoms with E-state index in [2.05, 4.69) is 30.5 Å². The van der Waals surface area contributed by atoms with Gasteiger partial charge in [0, 0.05) is 12.3 Å². The Bertz CT molecular complexity index is 1480. The summed E-state index contributed by atoms with van der Waals surface area (Å²) in [5, 5.41) is 18.9. The van der Waals surface area contributed by atoms with Crippen molar-refractivity contribution in [1.29, 1.82) is 5.26 Å².